The lowest BCUT2D eigenvalue weighted by Gasteiger charge is -2.30. The summed E-state index contributed by atoms with van der Waals surface area (Å²) in [5.41, 5.74) is 1.10. The number of rotatable bonds is 7. The van der Waals surface area contributed by atoms with Crippen molar-refractivity contribution in [3.05, 3.63) is 98.8 Å². The van der Waals surface area contributed by atoms with Gasteiger partial charge in [0.15, 0.2) is 0 Å². The number of methoxy groups -OCH3 is 2. The number of non-ortho nitro benzene ring substituents is 1. The van der Waals surface area contributed by atoms with E-state index in [0.717, 1.165) is 14.2 Å². The molecule has 12 heteroatoms. The van der Waals surface area contributed by atoms with E-state index in [0.29, 0.717) is 17.0 Å². The number of ether oxygens (including phenoxy) is 5. The summed E-state index contributed by atoms with van der Waals surface area (Å²) in [4.78, 5) is 48.0. The summed E-state index contributed by atoms with van der Waals surface area (Å²) < 4.78 is 25.5. The van der Waals surface area contributed by atoms with Gasteiger partial charge >= 0.3 is 18.3 Å². The van der Waals surface area contributed by atoms with Gasteiger partial charge in [-0.3, -0.25) is 10.1 Å². The first-order valence-corrected chi connectivity index (χ1v) is 10.9. The van der Waals surface area contributed by atoms with Crippen molar-refractivity contribution in [3.8, 4) is 0 Å². The van der Waals surface area contributed by atoms with Crippen molar-refractivity contribution in [3.63, 3.8) is 0 Å². The van der Waals surface area contributed by atoms with E-state index >= 15 is 0 Å². The van der Waals surface area contributed by atoms with Crippen LogP contribution < -0.4 is 5.32 Å². The zero-order valence-corrected chi connectivity index (χ0v) is 20.4. The average Bonchev–Trinajstić information content (AvgIpc) is 2.90. The minimum Gasteiger partial charge on any atom is -0.466 e. The van der Waals surface area contributed by atoms with Crippen LogP contribution in [0.2, 0.25) is 0 Å². The SMILES string of the molecule is COC(=O)OC1=C(C)NC(C)=C(OC(=O)OC(C(=O)OC)c2ccccc2)C1c1cccc([N+](=O)[O-])c1. The Bertz CT molecular complexity index is 1270. The van der Waals surface area contributed by atoms with E-state index < -0.39 is 35.2 Å². The molecule has 0 spiro atoms. The number of nitrogens with one attached hydrogen (secondary N) is 1. The monoisotopic (exact) mass is 512 g/mol. The van der Waals surface area contributed by atoms with Gasteiger partial charge in [-0.15, -0.1) is 0 Å². The Hall–Kier alpha value is -4.87. The summed E-state index contributed by atoms with van der Waals surface area (Å²) in [5.74, 6) is -2.02. The van der Waals surface area contributed by atoms with Crippen LogP contribution in [0.3, 0.4) is 0 Å². The number of hydrogen-bond donors (Lipinski definition) is 1. The molecule has 1 aliphatic rings. The van der Waals surface area contributed by atoms with Crippen molar-refractivity contribution in [1.82, 2.24) is 5.32 Å². The second kappa shape index (κ2) is 11.7. The van der Waals surface area contributed by atoms with Crippen molar-refractivity contribution < 1.29 is 43.0 Å². The molecule has 0 aliphatic carbocycles. The largest absolute Gasteiger partial charge is 0.514 e. The van der Waals surface area contributed by atoms with E-state index in [-0.39, 0.29) is 22.8 Å². The summed E-state index contributed by atoms with van der Waals surface area (Å²) in [7, 11) is 2.26. The number of nitro groups is 1. The molecule has 0 aromatic heterocycles. The first kappa shape index (κ1) is 26.7. The topological polar surface area (TPSA) is 153 Å². The number of nitrogens with zero attached hydrogens (tertiary/aromatic N) is 1. The van der Waals surface area contributed by atoms with E-state index in [4.69, 9.17) is 18.9 Å². The molecule has 0 saturated heterocycles. The van der Waals surface area contributed by atoms with Crippen LogP contribution in [0, 0.1) is 10.1 Å². The molecule has 0 bridgehead atoms. The fourth-order valence-corrected chi connectivity index (χ4v) is 3.68. The predicted molar refractivity (Wildman–Crippen MR) is 127 cm³/mol. The van der Waals surface area contributed by atoms with E-state index in [1.54, 1.807) is 50.2 Å². The second-order valence-electron chi connectivity index (χ2n) is 7.73. The summed E-state index contributed by atoms with van der Waals surface area (Å²) in [6.45, 7) is 3.18. The average molecular weight is 512 g/mol. The lowest BCUT2D eigenvalue weighted by molar-refractivity contribution is -0.384. The molecule has 1 heterocycles. The van der Waals surface area contributed by atoms with E-state index in [1.807, 2.05) is 0 Å². The smallest absolute Gasteiger partial charge is 0.466 e. The second-order valence-corrected chi connectivity index (χ2v) is 7.73. The molecule has 0 saturated carbocycles. The fourth-order valence-electron chi connectivity index (χ4n) is 3.68. The Kier molecular flexibility index (Phi) is 8.46. The molecule has 2 unspecified atom stereocenters. The summed E-state index contributed by atoms with van der Waals surface area (Å²) >= 11 is 0. The number of carbonyl (C=O) groups excluding carboxylic acids is 3. The normalized spacial score (nSPS) is 15.7. The van der Waals surface area contributed by atoms with Gasteiger partial charge in [-0.1, -0.05) is 42.5 Å². The van der Waals surface area contributed by atoms with Crippen LogP contribution in [0.15, 0.2) is 77.5 Å². The van der Waals surface area contributed by atoms with Gasteiger partial charge in [-0.2, -0.15) is 0 Å². The van der Waals surface area contributed by atoms with Crippen LogP contribution >= 0.6 is 0 Å². The van der Waals surface area contributed by atoms with Crippen LogP contribution in [0.25, 0.3) is 0 Å². The Morgan fingerprint density at radius 2 is 1.51 bits per heavy atom. The van der Waals surface area contributed by atoms with E-state index in [9.17, 15) is 24.5 Å². The third-order valence-corrected chi connectivity index (χ3v) is 5.34. The third kappa shape index (κ3) is 6.23. The quantitative estimate of drug-likeness (QED) is 0.240. The maximum absolute atomic E-state index is 12.9. The molecular weight excluding hydrogens is 488 g/mol. The first-order valence-electron chi connectivity index (χ1n) is 10.9. The van der Waals surface area contributed by atoms with Gasteiger partial charge in [0.1, 0.15) is 17.4 Å². The highest BCUT2D eigenvalue weighted by Crippen LogP contribution is 2.40. The van der Waals surface area contributed by atoms with Crippen molar-refractivity contribution in [2.45, 2.75) is 25.9 Å². The molecule has 2 aromatic carbocycles. The maximum Gasteiger partial charge on any atom is 0.514 e. The van der Waals surface area contributed by atoms with Gasteiger partial charge in [0, 0.05) is 17.7 Å². The van der Waals surface area contributed by atoms with Crippen LogP contribution in [0.4, 0.5) is 15.3 Å². The summed E-state index contributed by atoms with van der Waals surface area (Å²) in [5, 5.41) is 14.3. The minimum absolute atomic E-state index is 0.0201. The molecule has 12 nitrogen and oxygen atoms in total. The Labute approximate surface area is 211 Å². The van der Waals surface area contributed by atoms with E-state index in [2.05, 4.69) is 10.1 Å². The molecule has 3 rings (SSSR count). The molecule has 2 atom stereocenters. The Morgan fingerprint density at radius 1 is 0.892 bits per heavy atom. The van der Waals surface area contributed by atoms with Gasteiger partial charge in [0.05, 0.1) is 30.5 Å². The number of carbonyl (C=O) groups is 3. The number of hydrogen-bond acceptors (Lipinski definition) is 11. The molecule has 1 N–H and O–H groups in total. The van der Waals surface area contributed by atoms with E-state index in [1.165, 1.54) is 18.2 Å². The molecule has 0 fully saturated rings. The number of benzene rings is 2. The van der Waals surface area contributed by atoms with Gasteiger partial charge in [0.25, 0.3) is 5.69 Å². The lowest BCUT2D eigenvalue weighted by Crippen LogP contribution is -2.30. The van der Waals surface area contributed by atoms with Crippen LogP contribution in [-0.2, 0) is 28.5 Å². The predicted octanol–water partition coefficient (Wildman–Crippen LogP) is 4.60. The minimum atomic E-state index is -1.42. The molecule has 2 aromatic rings. The molecule has 37 heavy (non-hydrogen) atoms. The number of nitro benzene ring substituents is 1. The molecule has 0 amide bonds. The Morgan fingerprint density at radius 3 is 2.08 bits per heavy atom. The van der Waals surface area contributed by atoms with Crippen LogP contribution in [0.1, 0.15) is 37.0 Å². The van der Waals surface area contributed by atoms with Gasteiger partial charge < -0.3 is 29.0 Å². The molecule has 1 aliphatic heterocycles. The van der Waals surface area contributed by atoms with Crippen molar-refractivity contribution in [1.29, 1.82) is 0 Å². The van der Waals surface area contributed by atoms with Crippen molar-refractivity contribution >= 4 is 24.0 Å². The highest BCUT2D eigenvalue weighted by atomic mass is 16.7. The number of allylic oxidation sites excluding steroid dienone is 2. The fraction of sp³-hybridized carbons (Fsp3) is 0.240. The van der Waals surface area contributed by atoms with Gasteiger partial charge in [-0.25, -0.2) is 14.4 Å². The summed E-state index contributed by atoms with van der Waals surface area (Å²) in [6.07, 6.45) is -3.74. The first-order chi connectivity index (χ1) is 17.7. The molecule has 194 valence electrons. The lowest BCUT2D eigenvalue weighted by atomic mass is 9.90. The molecular formula is C25H24N2O10. The van der Waals surface area contributed by atoms with Crippen molar-refractivity contribution in [2.75, 3.05) is 14.2 Å². The van der Waals surface area contributed by atoms with Gasteiger partial charge in [0.2, 0.25) is 6.10 Å². The third-order valence-electron chi connectivity index (χ3n) is 5.34. The summed E-state index contributed by atoms with van der Waals surface area (Å²) in [6, 6.07) is 13.7. The maximum atomic E-state index is 12.9. The van der Waals surface area contributed by atoms with Gasteiger partial charge in [-0.05, 0) is 19.4 Å². The Balaban J connectivity index is 2.00. The highest BCUT2D eigenvalue weighted by Gasteiger charge is 2.37. The van der Waals surface area contributed by atoms with Crippen LogP contribution in [0.5, 0.6) is 0 Å². The van der Waals surface area contributed by atoms with Crippen molar-refractivity contribution in [2.24, 2.45) is 0 Å². The van der Waals surface area contributed by atoms with Crippen LogP contribution in [-0.4, -0.2) is 37.4 Å². The highest BCUT2D eigenvalue weighted by molar-refractivity contribution is 5.79. The zero-order chi connectivity index (χ0) is 27.1. The number of dihydropyridines is 1. The molecule has 0 radical (unpaired) electrons. The zero-order valence-electron chi connectivity index (χ0n) is 20.4. The standard InChI is InChI=1S/C25H24N2O10/c1-14-20(35-24(29)34-4)19(17-11-8-12-18(13-17)27(31)32)21(15(2)26-14)36-25(30)37-22(23(28)33-3)16-9-6-5-7-10-16/h5-13,19,22,26H,1-4H3. The number of esters is 1.